The molecule has 0 saturated heterocycles. The topological polar surface area (TPSA) is 69.6 Å². The second-order valence-electron chi connectivity index (χ2n) is 5.08. The Labute approximate surface area is 129 Å². The summed E-state index contributed by atoms with van der Waals surface area (Å²) >= 11 is 5.81. The standard InChI is InChI=1S/C15H21ClN2O3/c1-11(14(19)20)10-18(2)15(21)17-9-3-4-12-5-7-13(16)8-6-12/h5-8,11H,3-4,9-10H2,1-2H3,(H,17,21)(H,19,20). The number of aliphatic carboxylic acids is 1. The summed E-state index contributed by atoms with van der Waals surface area (Å²) in [5, 5.41) is 12.3. The molecule has 0 aliphatic rings. The van der Waals surface area contributed by atoms with Crippen molar-refractivity contribution in [3.63, 3.8) is 0 Å². The molecule has 0 heterocycles. The van der Waals surface area contributed by atoms with Gasteiger partial charge in [-0.3, -0.25) is 4.79 Å². The maximum atomic E-state index is 11.8. The number of nitrogens with one attached hydrogen (secondary N) is 1. The molecule has 0 radical (unpaired) electrons. The van der Waals surface area contributed by atoms with E-state index in [-0.39, 0.29) is 12.6 Å². The minimum Gasteiger partial charge on any atom is -0.481 e. The summed E-state index contributed by atoms with van der Waals surface area (Å²) in [5.41, 5.74) is 1.17. The molecule has 116 valence electrons. The van der Waals surface area contributed by atoms with Crippen LogP contribution in [-0.4, -0.2) is 42.1 Å². The number of aryl methyl sites for hydroxylation is 1. The number of benzene rings is 1. The van der Waals surface area contributed by atoms with Crippen molar-refractivity contribution in [1.29, 1.82) is 0 Å². The van der Waals surface area contributed by atoms with E-state index in [4.69, 9.17) is 16.7 Å². The van der Waals surface area contributed by atoms with E-state index >= 15 is 0 Å². The number of hydrogen-bond acceptors (Lipinski definition) is 2. The number of rotatable bonds is 7. The fourth-order valence-corrected chi connectivity index (χ4v) is 1.97. The first-order chi connectivity index (χ1) is 9.90. The van der Waals surface area contributed by atoms with Gasteiger partial charge in [0, 0.05) is 25.2 Å². The van der Waals surface area contributed by atoms with E-state index in [0.29, 0.717) is 11.6 Å². The monoisotopic (exact) mass is 312 g/mol. The van der Waals surface area contributed by atoms with Gasteiger partial charge in [0.25, 0.3) is 0 Å². The number of carboxylic acids is 1. The number of nitrogens with zero attached hydrogens (tertiary/aromatic N) is 1. The second-order valence-corrected chi connectivity index (χ2v) is 5.52. The van der Waals surface area contributed by atoms with Crippen LogP contribution in [0.3, 0.4) is 0 Å². The van der Waals surface area contributed by atoms with Gasteiger partial charge in [-0.2, -0.15) is 0 Å². The van der Waals surface area contributed by atoms with Crippen LogP contribution in [-0.2, 0) is 11.2 Å². The third-order valence-corrected chi connectivity index (χ3v) is 3.40. The molecule has 1 unspecified atom stereocenters. The smallest absolute Gasteiger partial charge is 0.317 e. The maximum absolute atomic E-state index is 11.8. The summed E-state index contributed by atoms with van der Waals surface area (Å²) in [5.74, 6) is -1.48. The average molecular weight is 313 g/mol. The molecule has 0 aliphatic carbocycles. The number of halogens is 1. The number of carbonyl (C=O) groups is 2. The minimum absolute atomic E-state index is 0.193. The molecule has 2 amide bonds. The molecule has 1 aromatic carbocycles. The third kappa shape index (κ3) is 6.49. The molecule has 0 fully saturated rings. The van der Waals surface area contributed by atoms with E-state index in [1.165, 1.54) is 10.5 Å². The zero-order chi connectivity index (χ0) is 15.8. The summed E-state index contributed by atoms with van der Waals surface area (Å²) in [6, 6.07) is 7.36. The highest BCUT2D eigenvalue weighted by Gasteiger charge is 2.16. The molecule has 0 aliphatic heterocycles. The summed E-state index contributed by atoms with van der Waals surface area (Å²) in [6.07, 6.45) is 1.67. The first-order valence-electron chi connectivity index (χ1n) is 6.86. The molecule has 2 N–H and O–H groups in total. The molecule has 5 nitrogen and oxygen atoms in total. The minimum atomic E-state index is -0.905. The predicted octanol–water partition coefficient (Wildman–Crippen LogP) is 2.63. The number of carboxylic acid groups (broad SMARTS) is 1. The van der Waals surface area contributed by atoms with Crippen LogP contribution < -0.4 is 5.32 Å². The molecule has 21 heavy (non-hydrogen) atoms. The lowest BCUT2D eigenvalue weighted by Gasteiger charge is -2.20. The van der Waals surface area contributed by atoms with Crippen molar-refractivity contribution in [3.05, 3.63) is 34.9 Å². The zero-order valence-electron chi connectivity index (χ0n) is 12.3. The molecule has 0 saturated carbocycles. The first-order valence-corrected chi connectivity index (χ1v) is 7.24. The van der Waals surface area contributed by atoms with Crippen LogP contribution in [0, 0.1) is 5.92 Å². The van der Waals surface area contributed by atoms with Gasteiger partial charge in [-0.15, -0.1) is 0 Å². The Balaban J connectivity index is 2.24. The Kier molecular flexibility index (Phi) is 7.02. The molecule has 0 bridgehead atoms. The van der Waals surface area contributed by atoms with Crippen molar-refractivity contribution in [3.8, 4) is 0 Å². The van der Waals surface area contributed by atoms with E-state index in [1.54, 1.807) is 14.0 Å². The summed E-state index contributed by atoms with van der Waals surface area (Å²) < 4.78 is 0. The predicted molar refractivity (Wildman–Crippen MR) is 82.6 cm³/mol. The van der Waals surface area contributed by atoms with Gasteiger partial charge in [0.2, 0.25) is 0 Å². The maximum Gasteiger partial charge on any atom is 0.317 e. The van der Waals surface area contributed by atoms with Crippen molar-refractivity contribution in [2.24, 2.45) is 5.92 Å². The Morgan fingerprint density at radius 3 is 2.52 bits per heavy atom. The normalized spacial score (nSPS) is 11.8. The molecule has 1 aromatic rings. The van der Waals surface area contributed by atoms with Crippen LogP contribution in [0.5, 0.6) is 0 Å². The van der Waals surface area contributed by atoms with Gasteiger partial charge in [-0.05, 0) is 30.5 Å². The number of carbonyl (C=O) groups excluding carboxylic acids is 1. The highest BCUT2D eigenvalue weighted by molar-refractivity contribution is 6.30. The molecule has 6 heteroatoms. The van der Waals surface area contributed by atoms with Crippen molar-refractivity contribution >= 4 is 23.6 Å². The van der Waals surface area contributed by atoms with Crippen molar-refractivity contribution in [2.45, 2.75) is 19.8 Å². The molecule has 1 rings (SSSR count). The lowest BCUT2D eigenvalue weighted by atomic mass is 10.1. The lowest BCUT2D eigenvalue weighted by molar-refractivity contribution is -0.141. The lowest BCUT2D eigenvalue weighted by Crippen LogP contribution is -2.41. The highest BCUT2D eigenvalue weighted by Crippen LogP contribution is 2.10. The van der Waals surface area contributed by atoms with Crippen LogP contribution >= 0.6 is 11.6 Å². The van der Waals surface area contributed by atoms with E-state index in [0.717, 1.165) is 12.8 Å². The van der Waals surface area contributed by atoms with Crippen LogP contribution in [0.15, 0.2) is 24.3 Å². The molecule has 1 atom stereocenters. The van der Waals surface area contributed by atoms with Gasteiger partial charge < -0.3 is 15.3 Å². The van der Waals surface area contributed by atoms with Crippen LogP contribution in [0.25, 0.3) is 0 Å². The van der Waals surface area contributed by atoms with Crippen LogP contribution in [0.2, 0.25) is 5.02 Å². The third-order valence-electron chi connectivity index (χ3n) is 3.15. The van der Waals surface area contributed by atoms with E-state index in [2.05, 4.69) is 5.32 Å². The Hall–Kier alpha value is -1.75. The summed E-state index contributed by atoms with van der Waals surface area (Å²) in [4.78, 5) is 23.9. The number of urea groups is 1. The van der Waals surface area contributed by atoms with Gasteiger partial charge in [0.15, 0.2) is 0 Å². The Morgan fingerprint density at radius 2 is 1.95 bits per heavy atom. The first kappa shape index (κ1) is 17.3. The van der Waals surface area contributed by atoms with Gasteiger partial charge >= 0.3 is 12.0 Å². The van der Waals surface area contributed by atoms with Gasteiger partial charge in [0.1, 0.15) is 0 Å². The Morgan fingerprint density at radius 1 is 1.33 bits per heavy atom. The fraction of sp³-hybridized carbons (Fsp3) is 0.467. The fourth-order valence-electron chi connectivity index (χ4n) is 1.85. The molecular formula is C15H21ClN2O3. The average Bonchev–Trinajstić information content (AvgIpc) is 2.44. The molecule has 0 aromatic heterocycles. The zero-order valence-corrected chi connectivity index (χ0v) is 13.1. The van der Waals surface area contributed by atoms with E-state index < -0.39 is 11.9 Å². The van der Waals surface area contributed by atoms with Crippen LogP contribution in [0.1, 0.15) is 18.9 Å². The number of amides is 2. The van der Waals surface area contributed by atoms with Gasteiger partial charge in [0.05, 0.1) is 5.92 Å². The van der Waals surface area contributed by atoms with Crippen LogP contribution in [0.4, 0.5) is 4.79 Å². The second kappa shape index (κ2) is 8.52. The molecule has 0 spiro atoms. The Bertz CT molecular complexity index is 476. The summed E-state index contributed by atoms with van der Waals surface area (Å²) in [6.45, 7) is 2.32. The SMILES string of the molecule is CC(CN(C)C(=O)NCCCc1ccc(Cl)cc1)C(=O)O. The number of hydrogen-bond donors (Lipinski definition) is 2. The summed E-state index contributed by atoms with van der Waals surface area (Å²) in [7, 11) is 1.59. The van der Waals surface area contributed by atoms with Gasteiger partial charge in [-0.1, -0.05) is 30.7 Å². The van der Waals surface area contributed by atoms with E-state index in [9.17, 15) is 9.59 Å². The van der Waals surface area contributed by atoms with Crippen molar-refractivity contribution in [2.75, 3.05) is 20.1 Å². The molecular weight excluding hydrogens is 292 g/mol. The van der Waals surface area contributed by atoms with Gasteiger partial charge in [-0.25, -0.2) is 4.79 Å². The largest absolute Gasteiger partial charge is 0.481 e. The quantitative estimate of drug-likeness (QED) is 0.760. The highest BCUT2D eigenvalue weighted by atomic mass is 35.5. The van der Waals surface area contributed by atoms with Crippen molar-refractivity contribution in [1.82, 2.24) is 10.2 Å². The van der Waals surface area contributed by atoms with Crippen molar-refractivity contribution < 1.29 is 14.7 Å². The van der Waals surface area contributed by atoms with E-state index in [1.807, 2.05) is 24.3 Å².